The molecule has 4 heteroatoms. The van der Waals surface area contributed by atoms with E-state index in [2.05, 4.69) is 15.6 Å². The number of nitrogens with zero attached hydrogens (tertiary/aromatic N) is 1. The lowest BCUT2D eigenvalue weighted by molar-refractivity contribution is -0.122. The van der Waals surface area contributed by atoms with Crippen molar-refractivity contribution in [2.45, 2.75) is 12.3 Å². The second-order valence-corrected chi connectivity index (χ2v) is 4.92. The van der Waals surface area contributed by atoms with Crippen LogP contribution in [0.1, 0.15) is 17.0 Å². The summed E-state index contributed by atoms with van der Waals surface area (Å²) in [6.45, 7) is 1.32. The van der Waals surface area contributed by atoms with Gasteiger partial charge in [-0.15, -0.1) is 0 Å². The van der Waals surface area contributed by atoms with Crippen molar-refractivity contribution in [1.29, 1.82) is 0 Å². The molecule has 2 aromatic rings. The van der Waals surface area contributed by atoms with E-state index in [1.54, 1.807) is 6.20 Å². The summed E-state index contributed by atoms with van der Waals surface area (Å²) in [4.78, 5) is 16.3. The number of hydrogen-bond donors (Lipinski definition) is 2. The van der Waals surface area contributed by atoms with Crippen LogP contribution >= 0.6 is 0 Å². The second-order valence-electron chi connectivity index (χ2n) is 4.92. The van der Waals surface area contributed by atoms with Crippen LogP contribution < -0.4 is 10.6 Å². The van der Waals surface area contributed by atoms with Crippen molar-refractivity contribution >= 4 is 11.6 Å². The number of carbonyl (C=O) groups is 1. The van der Waals surface area contributed by atoms with E-state index in [0.29, 0.717) is 13.1 Å². The first-order chi connectivity index (χ1) is 9.84. The number of para-hydroxylation sites is 1. The van der Waals surface area contributed by atoms with E-state index < -0.39 is 0 Å². The van der Waals surface area contributed by atoms with Crippen LogP contribution in [0.25, 0.3) is 0 Å². The third-order valence-corrected chi connectivity index (χ3v) is 3.59. The molecule has 0 saturated carbocycles. The monoisotopic (exact) mass is 267 g/mol. The molecule has 4 nitrogen and oxygen atoms in total. The van der Waals surface area contributed by atoms with Gasteiger partial charge in [-0.3, -0.25) is 9.78 Å². The number of aromatic nitrogens is 1. The average molecular weight is 267 g/mol. The van der Waals surface area contributed by atoms with Gasteiger partial charge in [0.1, 0.15) is 0 Å². The zero-order chi connectivity index (χ0) is 13.8. The highest BCUT2D eigenvalue weighted by molar-refractivity contribution is 5.88. The molecule has 1 aromatic heterocycles. The highest BCUT2D eigenvalue weighted by Gasteiger charge is 2.27. The fraction of sp³-hybridized carbons (Fsp3) is 0.250. The summed E-state index contributed by atoms with van der Waals surface area (Å²) < 4.78 is 0. The largest absolute Gasteiger partial charge is 0.384 e. The molecule has 0 aliphatic carbocycles. The normalized spacial score (nSPS) is 16.3. The van der Waals surface area contributed by atoms with Gasteiger partial charge in [0.25, 0.3) is 0 Å². The van der Waals surface area contributed by atoms with Crippen LogP contribution in [0.2, 0.25) is 0 Å². The standard InChI is InChI=1S/C16H17N3O/c20-16(18-9-7-12-4-3-8-17-10-12)14-11-19-15-6-2-1-5-13(14)15/h1-6,8,10,14,19H,7,9,11H2,(H,18,20). The predicted molar refractivity (Wildman–Crippen MR) is 78.6 cm³/mol. The Morgan fingerprint density at radius 1 is 1.30 bits per heavy atom. The lowest BCUT2D eigenvalue weighted by Gasteiger charge is -2.11. The van der Waals surface area contributed by atoms with Gasteiger partial charge in [0, 0.05) is 31.2 Å². The Labute approximate surface area is 118 Å². The molecule has 3 rings (SSSR count). The van der Waals surface area contributed by atoms with Crippen LogP contribution in [0, 0.1) is 0 Å². The van der Waals surface area contributed by atoms with Crippen molar-refractivity contribution in [1.82, 2.24) is 10.3 Å². The maximum atomic E-state index is 12.2. The maximum absolute atomic E-state index is 12.2. The molecule has 1 aromatic carbocycles. The summed E-state index contributed by atoms with van der Waals surface area (Å²) in [6, 6.07) is 11.9. The van der Waals surface area contributed by atoms with Crippen molar-refractivity contribution in [3.8, 4) is 0 Å². The number of rotatable bonds is 4. The SMILES string of the molecule is O=C(NCCc1cccnc1)C1CNc2ccccc21. The number of fused-ring (bicyclic) bond motifs is 1. The molecule has 1 aliphatic rings. The second kappa shape index (κ2) is 5.74. The predicted octanol–water partition coefficient (Wildman–Crippen LogP) is 1.95. The minimum Gasteiger partial charge on any atom is -0.384 e. The molecule has 0 bridgehead atoms. The van der Waals surface area contributed by atoms with Crippen molar-refractivity contribution in [2.75, 3.05) is 18.4 Å². The number of anilines is 1. The van der Waals surface area contributed by atoms with E-state index in [9.17, 15) is 4.79 Å². The van der Waals surface area contributed by atoms with E-state index in [0.717, 1.165) is 23.2 Å². The topological polar surface area (TPSA) is 54.0 Å². The number of amides is 1. The zero-order valence-corrected chi connectivity index (χ0v) is 11.2. The molecule has 0 fully saturated rings. The molecule has 102 valence electrons. The number of nitrogens with one attached hydrogen (secondary N) is 2. The van der Waals surface area contributed by atoms with Gasteiger partial charge < -0.3 is 10.6 Å². The molecule has 0 radical (unpaired) electrons. The summed E-state index contributed by atoms with van der Waals surface area (Å²) >= 11 is 0. The van der Waals surface area contributed by atoms with Gasteiger partial charge in [0.15, 0.2) is 0 Å². The molecule has 20 heavy (non-hydrogen) atoms. The van der Waals surface area contributed by atoms with Gasteiger partial charge in [0.05, 0.1) is 5.92 Å². The first-order valence-corrected chi connectivity index (χ1v) is 6.84. The molecule has 1 amide bonds. The quantitative estimate of drug-likeness (QED) is 0.890. The van der Waals surface area contributed by atoms with Gasteiger partial charge in [0.2, 0.25) is 5.91 Å². The molecule has 2 N–H and O–H groups in total. The van der Waals surface area contributed by atoms with Gasteiger partial charge in [-0.05, 0) is 29.7 Å². The Kier molecular flexibility index (Phi) is 3.63. The molecular formula is C16H17N3O. The summed E-state index contributed by atoms with van der Waals surface area (Å²) in [6.07, 6.45) is 4.39. The Bertz CT molecular complexity index is 598. The highest BCUT2D eigenvalue weighted by Crippen LogP contribution is 2.30. The summed E-state index contributed by atoms with van der Waals surface area (Å²) in [5, 5.41) is 6.28. The van der Waals surface area contributed by atoms with Crippen LogP contribution in [-0.4, -0.2) is 24.0 Å². The highest BCUT2D eigenvalue weighted by atomic mass is 16.1. The van der Waals surface area contributed by atoms with Crippen molar-refractivity contribution in [2.24, 2.45) is 0 Å². The van der Waals surface area contributed by atoms with Crippen molar-refractivity contribution in [3.63, 3.8) is 0 Å². The number of pyridine rings is 1. The van der Waals surface area contributed by atoms with Crippen LogP contribution in [0.4, 0.5) is 5.69 Å². The molecule has 1 unspecified atom stereocenters. The fourth-order valence-corrected chi connectivity index (χ4v) is 2.52. The number of hydrogen-bond acceptors (Lipinski definition) is 3. The zero-order valence-electron chi connectivity index (χ0n) is 11.2. The van der Waals surface area contributed by atoms with Gasteiger partial charge in [-0.25, -0.2) is 0 Å². The molecular weight excluding hydrogens is 250 g/mol. The third-order valence-electron chi connectivity index (χ3n) is 3.59. The summed E-state index contributed by atoms with van der Waals surface area (Å²) in [5.74, 6) is 0.00596. The lowest BCUT2D eigenvalue weighted by atomic mass is 10.0. The van der Waals surface area contributed by atoms with E-state index in [1.807, 2.05) is 42.6 Å². The summed E-state index contributed by atoms with van der Waals surface area (Å²) in [7, 11) is 0. The van der Waals surface area contributed by atoms with Gasteiger partial charge >= 0.3 is 0 Å². The van der Waals surface area contributed by atoms with E-state index in [1.165, 1.54) is 0 Å². The first-order valence-electron chi connectivity index (χ1n) is 6.84. The molecule has 0 saturated heterocycles. The van der Waals surface area contributed by atoms with Crippen molar-refractivity contribution < 1.29 is 4.79 Å². The molecule has 0 spiro atoms. The number of benzene rings is 1. The van der Waals surface area contributed by atoms with E-state index in [-0.39, 0.29) is 11.8 Å². The van der Waals surface area contributed by atoms with E-state index >= 15 is 0 Å². The number of carbonyl (C=O) groups excluding carboxylic acids is 1. The first kappa shape index (κ1) is 12.7. The van der Waals surface area contributed by atoms with Gasteiger partial charge in [-0.1, -0.05) is 24.3 Å². The van der Waals surface area contributed by atoms with Crippen LogP contribution in [0.5, 0.6) is 0 Å². The lowest BCUT2D eigenvalue weighted by Crippen LogP contribution is -2.31. The Hall–Kier alpha value is -2.36. The minimum atomic E-state index is -0.0832. The van der Waals surface area contributed by atoms with Crippen LogP contribution in [0.15, 0.2) is 48.8 Å². The average Bonchev–Trinajstić information content (AvgIpc) is 2.92. The summed E-state index contributed by atoms with van der Waals surface area (Å²) in [5.41, 5.74) is 3.30. The third kappa shape index (κ3) is 2.64. The van der Waals surface area contributed by atoms with Crippen molar-refractivity contribution in [3.05, 3.63) is 59.9 Å². The smallest absolute Gasteiger partial charge is 0.229 e. The Balaban J connectivity index is 1.56. The van der Waals surface area contributed by atoms with Crippen LogP contribution in [0.3, 0.4) is 0 Å². The maximum Gasteiger partial charge on any atom is 0.229 e. The fourth-order valence-electron chi connectivity index (χ4n) is 2.52. The minimum absolute atomic E-state index is 0.0832. The Morgan fingerprint density at radius 2 is 2.20 bits per heavy atom. The Morgan fingerprint density at radius 3 is 3.05 bits per heavy atom. The van der Waals surface area contributed by atoms with Gasteiger partial charge in [-0.2, -0.15) is 0 Å². The molecule has 1 atom stereocenters. The van der Waals surface area contributed by atoms with Crippen LogP contribution in [-0.2, 0) is 11.2 Å². The van der Waals surface area contributed by atoms with E-state index in [4.69, 9.17) is 0 Å². The molecule has 2 heterocycles. The molecule has 1 aliphatic heterocycles.